The highest BCUT2D eigenvalue weighted by Crippen LogP contribution is 2.22. The van der Waals surface area contributed by atoms with Gasteiger partial charge < -0.3 is 14.2 Å². The van der Waals surface area contributed by atoms with Crippen LogP contribution in [0.2, 0.25) is 10.0 Å². The summed E-state index contributed by atoms with van der Waals surface area (Å²) in [5, 5.41) is 9.41. The van der Waals surface area contributed by atoms with Crippen molar-refractivity contribution < 1.29 is 14.4 Å². The van der Waals surface area contributed by atoms with E-state index in [1.807, 2.05) is 30.3 Å². The Morgan fingerprint density at radius 2 is 1.80 bits per heavy atom. The fourth-order valence-corrected chi connectivity index (χ4v) is 3.62. The van der Waals surface area contributed by atoms with Crippen LogP contribution in [0.1, 0.15) is 27.2 Å². The van der Waals surface area contributed by atoms with Gasteiger partial charge in [0, 0.05) is 6.54 Å². The molecule has 154 valence electrons. The molecule has 3 rings (SSSR count). The average molecular weight is 462 g/mol. The summed E-state index contributed by atoms with van der Waals surface area (Å²) < 4.78 is 6.66. The molecule has 0 bridgehead atoms. The van der Waals surface area contributed by atoms with Crippen LogP contribution in [0, 0.1) is 0 Å². The zero-order valence-corrected chi connectivity index (χ0v) is 18.4. The average Bonchev–Trinajstić information content (AvgIpc) is 2.75. The molecule has 30 heavy (non-hydrogen) atoms. The van der Waals surface area contributed by atoms with E-state index in [9.17, 15) is 9.59 Å². The van der Waals surface area contributed by atoms with Crippen LogP contribution in [-0.2, 0) is 13.0 Å². The number of nitrogens with zero attached hydrogens (tertiary/aromatic N) is 1. The second-order valence-corrected chi connectivity index (χ2v) is 7.51. The van der Waals surface area contributed by atoms with Crippen molar-refractivity contribution >= 4 is 50.8 Å². The molecule has 0 aliphatic carbocycles. The van der Waals surface area contributed by atoms with E-state index < -0.39 is 5.97 Å². The van der Waals surface area contributed by atoms with E-state index in [1.54, 1.807) is 18.2 Å². The molecule has 0 aliphatic rings. The van der Waals surface area contributed by atoms with Gasteiger partial charge in [0.05, 0.1) is 25.7 Å². The molecule has 8 heteroatoms. The number of rotatable bonds is 7. The maximum atomic E-state index is 12.7. The number of hydrogen-bond donors (Lipinski definition) is 1. The number of halogens is 2. The number of carboxylic acid groups (broad SMARTS) is 1. The molecule has 0 saturated heterocycles. The Morgan fingerprint density at radius 3 is 2.47 bits per heavy atom. The first-order valence-corrected chi connectivity index (χ1v) is 10.2. The van der Waals surface area contributed by atoms with Gasteiger partial charge in [0.1, 0.15) is 10.8 Å². The normalized spacial score (nSPS) is 11.0. The SMILES string of the molecule is O=C(O)c1ccc(CCn2c(C=Cc3cccc(OP)c3)c(Cl)cc(Cl)c2=O)cc1. The van der Waals surface area contributed by atoms with Gasteiger partial charge in [-0.05, 0) is 54.0 Å². The molecule has 0 fully saturated rings. The fraction of sp³-hybridized carbons (Fsp3) is 0.0909. The fourth-order valence-electron chi connectivity index (χ4n) is 2.93. The molecule has 0 amide bonds. The summed E-state index contributed by atoms with van der Waals surface area (Å²) in [6.07, 6.45) is 4.10. The van der Waals surface area contributed by atoms with Gasteiger partial charge in [0.2, 0.25) is 0 Å². The predicted molar refractivity (Wildman–Crippen MR) is 124 cm³/mol. The Kier molecular flexibility index (Phi) is 7.33. The van der Waals surface area contributed by atoms with Crippen LogP contribution in [0.4, 0.5) is 0 Å². The predicted octanol–water partition coefficient (Wildman–Crippen LogP) is 5.44. The summed E-state index contributed by atoms with van der Waals surface area (Å²) >= 11 is 12.4. The number of carboxylic acids is 1. The van der Waals surface area contributed by atoms with Gasteiger partial charge in [-0.1, -0.05) is 53.5 Å². The van der Waals surface area contributed by atoms with Gasteiger partial charge in [-0.15, -0.1) is 0 Å². The molecule has 0 radical (unpaired) electrons. The summed E-state index contributed by atoms with van der Waals surface area (Å²) in [6.45, 7) is 0.333. The Balaban J connectivity index is 1.90. The van der Waals surface area contributed by atoms with Crippen molar-refractivity contribution in [1.29, 1.82) is 0 Å². The molecule has 1 aromatic heterocycles. The van der Waals surface area contributed by atoms with Crippen LogP contribution in [0.25, 0.3) is 12.2 Å². The molecule has 0 spiro atoms. The summed E-state index contributed by atoms with van der Waals surface area (Å²) in [5.74, 6) is -0.297. The zero-order chi connectivity index (χ0) is 21.7. The maximum Gasteiger partial charge on any atom is 0.335 e. The Hall–Kier alpha value is -2.59. The quantitative estimate of drug-likeness (QED) is 0.476. The van der Waals surface area contributed by atoms with Gasteiger partial charge in [0.25, 0.3) is 5.56 Å². The maximum absolute atomic E-state index is 12.7. The van der Waals surface area contributed by atoms with E-state index >= 15 is 0 Å². The molecule has 2 aromatic carbocycles. The van der Waals surface area contributed by atoms with Crippen molar-refractivity contribution in [3.8, 4) is 5.75 Å². The van der Waals surface area contributed by atoms with Crippen molar-refractivity contribution in [1.82, 2.24) is 4.57 Å². The highest BCUT2D eigenvalue weighted by molar-refractivity contribution is 7.10. The molecule has 1 atom stereocenters. The van der Waals surface area contributed by atoms with Crippen LogP contribution in [0.15, 0.2) is 59.4 Å². The lowest BCUT2D eigenvalue weighted by Crippen LogP contribution is -2.24. The summed E-state index contributed by atoms with van der Waals surface area (Å²) in [4.78, 5) is 23.6. The van der Waals surface area contributed by atoms with Crippen LogP contribution < -0.4 is 10.1 Å². The number of hydrogen-bond acceptors (Lipinski definition) is 3. The standard InChI is InChI=1S/C22H18Cl2NO4P/c23-18-13-19(24)21(26)25(11-10-14-4-7-16(8-5-14)22(27)28)20(18)9-6-15-2-1-3-17(12-15)29-30/h1-9,12-13H,10-11,30H2,(H,27,28). The van der Waals surface area contributed by atoms with Crippen molar-refractivity contribution in [2.45, 2.75) is 13.0 Å². The van der Waals surface area contributed by atoms with Crippen molar-refractivity contribution in [2.24, 2.45) is 0 Å². The highest BCUT2D eigenvalue weighted by Gasteiger charge is 2.11. The van der Waals surface area contributed by atoms with E-state index in [4.69, 9.17) is 32.8 Å². The second-order valence-electron chi connectivity index (χ2n) is 6.46. The van der Waals surface area contributed by atoms with Gasteiger partial charge in [-0.3, -0.25) is 4.79 Å². The second kappa shape index (κ2) is 9.94. The molecule has 0 saturated carbocycles. The van der Waals surface area contributed by atoms with Crippen LogP contribution in [-0.4, -0.2) is 15.6 Å². The largest absolute Gasteiger partial charge is 0.480 e. The van der Waals surface area contributed by atoms with Gasteiger partial charge in [-0.25, -0.2) is 4.79 Å². The minimum atomic E-state index is -0.983. The van der Waals surface area contributed by atoms with Crippen LogP contribution >= 0.6 is 32.7 Å². The molecule has 1 N–H and O–H groups in total. The number of carbonyl (C=O) groups is 1. The Bertz CT molecular complexity index is 1160. The third-order valence-corrected chi connectivity index (χ3v) is 5.34. The molecule has 3 aromatic rings. The number of aryl methyl sites for hydroxylation is 1. The number of benzene rings is 2. The Labute approximate surface area is 185 Å². The summed E-state index contributed by atoms with van der Waals surface area (Å²) in [7, 11) is 2.20. The van der Waals surface area contributed by atoms with E-state index in [0.717, 1.165) is 11.1 Å². The molecule has 0 aliphatic heterocycles. The Morgan fingerprint density at radius 1 is 1.07 bits per heavy atom. The summed E-state index contributed by atoms with van der Waals surface area (Å²) in [5.41, 5.74) is 2.17. The smallest absolute Gasteiger partial charge is 0.335 e. The molecule has 5 nitrogen and oxygen atoms in total. The lowest BCUT2D eigenvalue weighted by Gasteiger charge is -2.13. The zero-order valence-electron chi connectivity index (χ0n) is 15.7. The van der Waals surface area contributed by atoms with Gasteiger partial charge in [0.15, 0.2) is 0 Å². The minimum Gasteiger partial charge on any atom is -0.480 e. The van der Waals surface area contributed by atoms with Crippen molar-refractivity contribution in [3.63, 3.8) is 0 Å². The summed E-state index contributed by atoms with van der Waals surface area (Å²) in [6, 6.07) is 15.4. The van der Waals surface area contributed by atoms with Gasteiger partial charge >= 0.3 is 5.97 Å². The third-order valence-electron chi connectivity index (χ3n) is 4.49. The van der Waals surface area contributed by atoms with E-state index in [-0.39, 0.29) is 16.1 Å². The first-order chi connectivity index (χ1) is 14.4. The van der Waals surface area contributed by atoms with Gasteiger partial charge in [-0.2, -0.15) is 0 Å². The first kappa shape index (κ1) is 22.1. The number of aromatic nitrogens is 1. The minimum absolute atomic E-state index is 0.0387. The monoisotopic (exact) mass is 461 g/mol. The van der Waals surface area contributed by atoms with Crippen molar-refractivity contribution in [3.05, 3.63) is 97.4 Å². The molecular formula is C22H18Cl2NO4P. The number of pyridine rings is 1. The lowest BCUT2D eigenvalue weighted by atomic mass is 10.1. The molecule has 1 heterocycles. The van der Waals surface area contributed by atoms with Crippen molar-refractivity contribution in [2.75, 3.05) is 0 Å². The number of aromatic carboxylic acids is 1. The van der Waals surface area contributed by atoms with E-state index in [1.165, 1.54) is 22.8 Å². The molecular weight excluding hydrogens is 444 g/mol. The highest BCUT2D eigenvalue weighted by atomic mass is 35.5. The van der Waals surface area contributed by atoms with Crippen LogP contribution in [0.5, 0.6) is 5.75 Å². The third kappa shape index (κ3) is 5.31. The molecule has 1 unspecified atom stereocenters. The topological polar surface area (TPSA) is 68.5 Å². The lowest BCUT2D eigenvalue weighted by molar-refractivity contribution is 0.0697. The van der Waals surface area contributed by atoms with E-state index in [0.29, 0.717) is 29.4 Å². The van der Waals surface area contributed by atoms with Crippen LogP contribution in [0.3, 0.4) is 0 Å². The first-order valence-electron chi connectivity index (χ1n) is 8.95. The van der Waals surface area contributed by atoms with E-state index in [2.05, 4.69) is 9.47 Å².